The molecule has 0 bridgehead atoms. The van der Waals surface area contributed by atoms with Crippen LogP contribution in [-0.2, 0) is 28.5 Å². The van der Waals surface area contributed by atoms with E-state index in [0.29, 0.717) is 23.8 Å². The zero-order valence-electron chi connectivity index (χ0n) is 23.7. The van der Waals surface area contributed by atoms with Crippen LogP contribution < -0.4 is 5.73 Å². The van der Waals surface area contributed by atoms with Crippen molar-refractivity contribution in [3.8, 4) is 0 Å². The Kier molecular flexibility index (Phi) is 9.06. The number of aliphatic hydroxyl groups is 2. The van der Waals surface area contributed by atoms with Crippen LogP contribution in [0.4, 0.5) is 0 Å². The van der Waals surface area contributed by atoms with E-state index in [-0.39, 0.29) is 41.5 Å². The van der Waals surface area contributed by atoms with Crippen LogP contribution in [-0.4, -0.2) is 59.1 Å². The number of Topliss-reactive ketones (excluding diaryl/α,β-unsaturated/α-hetero) is 1. The molecule has 0 spiro atoms. The number of allylic oxidation sites excluding steroid dienone is 1. The summed E-state index contributed by atoms with van der Waals surface area (Å²) in [6.07, 6.45) is 1.93. The Morgan fingerprint density at radius 2 is 1.84 bits per heavy atom. The van der Waals surface area contributed by atoms with Crippen LogP contribution in [0.5, 0.6) is 0 Å². The lowest BCUT2D eigenvalue weighted by atomic mass is 9.72. The van der Waals surface area contributed by atoms with Crippen LogP contribution >= 0.6 is 0 Å². The molecule has 9 atom stereocenters. The first-order chi connectivity index (χ1) is 17.6. The second kappa shape index (κ2) is 11.4. The standard InChI is InChI=1S/C29H45NO8/c1-15(9-20(30)14-36-18(4)35-8)22-11-24-29(7,38-24)13-19-10-21(19)16(2)26(33)17(3)27(34)28(5,6)23(31)12-25(32)37-22/h9,14,16-17,19,21-24,26,31,33H,4,10-13,30H2,1-3,5-8H3/b15-9+,20-14-/t16-,17+,19?,21?,22-,23-,24?,26-,29?/m0/s1. The van der Waals surface area contributed by atoms with E-state index in [2.05, 4.69) is 13.5 Å². The fraction of sp³-hybridized carbons (Fsp3) is 0.724. The summed E-state index contributed by atoms with van der Waals surface area (Å²) in [4.78, 5) is 26.3. The van der Waals surface area contributed by atoms with Gasteiger partial charge in [-0.05, 0) is 62.7 Å². The Balaban J connectivity index is 1.86. The zero-order chi connectivity index (χ0) is 28.6. The molecule has 1 saturated carbocycles. The molecule has 0 aromatic carbocycles. The van der Waals surface area contributed by atoms with Gasteiger partial charge in [-0.2, -0.15) is 0 Å². The van der Waals surface area contributed by atoms with Gasteiger partial charge in [-0.25, -0.2) is 0 Å². The lowest BCUT2D eigenvalue weighted by molar-refractivity contribution is -0.154. The number of esters is 1. The maximum Gasteiger partial charge on any atom is 0.309 e. The van der Waals surface area contributed by atoms with Crippen molar-refractivity contribution in [1.29, 1.82) is 0 Å². The van der Waals surface area contributed by atoms with Crippen LogP contribution in [0.25, 0.3) is 0 Å². The van der Waals surface area contributed by atoms with E-state index in [4.69, 9.17) is 24.7 Å². The molecule has 2 aliphatic heterocycles. The predicted molar refractivity (Wildman–Crippen MR) is 141 cm³/mol. The van der Waals surface area contributed by atoms with Crippen molar-refractivity contribution in [3.63, 3.8) is 0 Å². The van der Waals surface area contributed by atoms with E-state index < -0.39 is 35.6 Å². The number of rotatable bonds is 5. The van der Waals surface area contributed by atoms with Gasteiger partial charge in [-0.1, -0.05) is 27.7 Å². The summed E-state index contributed by atoms with van der Waals surface area (Å²) in [7, 11) is 1.43. The topological polar surface area (TPSA) is 141 Å². The van der Waals surface area contributed by atoms with Gasteiger partial charge < -0.3 is 34.9 Å². The van der Waals surface area contributed by atoms with Crippen LogP contribution in [0.2, 0.25) is 0 Å². The van der Waals surface area contributed by atoms with E-state index in [1.54, 1.807) is 33.8 Å². The molecule has 4 N–H and O–H groups in total. The maximum absolute atomic E-state index is 13.3. The molecular weight excluding hydrogens is 490 g/mol. The third-order valence-electron chi connectivity index (χ3n) is 8.81. The highest BCUT2D eigenvalue weighted by Gasteiger charge is 2.58. The third kappa shape index (κ3) is 6.79. The Bertz CT molecular complexity index is 987. The molecule has 2 saturated heterocycles. The summed E-state index contributed by atoms with van der Waals surface area (Å²) in [6, 6.07) is 0. The maximum atomic E-state index is 13.3. The number of nitrogens with two attached hydrogens (primary N) is 1. The number of hydrogen-bond acceptors (Lipinski definition) is 9. The summed E-state index contributed by atoms with van der Waals surface area (Å²) < 4.78 is 22.0. The van der Waals surface area contributed by atoms with E-state index in [9.17, 15) is 19.8 Å². The van der Waals surface area contributed by atoms with E-state index >= 15 is 0 Å². The number of carbonyl (C=O) groups is 2. The van der Waals surface area contributed by atoms with Gasteiger partial charge in [0, 0.05) is 12.3 Å². The average molecular weight is 536 g/mol. The Labute approximate surface area is 226 Å². The van der Waals surface area contributed by atoms with Crippen molar-refractivity contribution < 1.29 is 38.7 Å². The van der Waals surface area contributed by atoms with Crippen LogP contribution in [0.1, 0.15) is 67.2 Å². The smallest absolute Gasteiger partial charge is 0.309 e. The molecule has 2 heterocycles. The lowest BCUT2D eigenvalue weighted by Crippen LogP contribution is -2.46. The number of aliphatic hydroxyl groups excluding tert-OH is 2. The summed E-state index contributed by atoms with van der Waals surface area (Å²) in [5.74, 6) is -0.865. The van der Waals surface area contributed by atoms with Crippen LogP contribution in [0.3, 0.4) is 0 Å². The molecule has 0 aromatic heterocycles. The normalized spacial score (nSPS) is 40.3. The minimum atomic E-state index is -1.28. The van der Waals surface area contributed by atoms with Gasteiger partial charge >= 0.3 is 5.97 Å². The largest absolute Gasteiger partial charge is 0.469 e. The van der Waals surface area contributed by atoms with Crippen LogP contribution in [0, 0.1) is 29.1 Å². The van der Waals surface area contributed by atoms with Gasteiger partial charge in [0.25, 0.3) is 5.95 Å². The fourth-order valence-electron chi connectivity index (χ4n) is 5.77. The number of ether oxygens (including phenoxy) is 4. The molecule has 3 aliphatic rings. The second-order valence-corrected chi connectivity index (χ2v) is 12.1. The van der Waals surface area contributed by atoms with E-state index in [0.717, 1.165) is 12.8 Å². The Hall–Kier alpha value is -2.36. The molecule has 9 heteroatoms. The summed E-state index contributed by atoms with van der Waals surface area (Å²) in [5.41, 5.74) is 5.42. The quantitative estimate of drug-likeness (QED) is 0.209. The van der Waals surface area contributed by atoms with E-state index in [1.807, 2.05) is 6.92 Å². The molecule has 0 aromatic rings. The number of ketones is 1. The molecule has 9 nitrogen and oxygen atoms in total. The van der Waals surface area contributed by atoms with Gasteiger partial charge in [-0.3, -0.25) is 9.59 Å². The lowest BCUT2D eigenvalue weighted by Gasteiger charge is -2.34. The molecule has 4 unspecified atom stereocenters. The number of cyclic esters (lactones) is 1. The summed E-state index contributed by atoms with van der Waals surface area (Å²) >= 11 is 0. The minimum absolute atomic E-state index is 0.0605. The molecule has 1 aliphatic carbocycles. The number of methoxy groups -OCH3 is 1. The van der Waals surface area contributed by atoms with Crippen molar-refractivity contribution in [3.05, 3.63) is 36.1 Å². The van der Waals surface area contributed by atoms with Crippen molar-refractivity contribution in [2.24, 2.45) is 34.8 Å². The molecule has 0 radical (unpaired) electrons. The third-order valence-corrected chi connectivity index (χ3v) is 8.81. The molecule has 3 fully saturated rings. The fourth-order valence-corrected chi connectivity index (χ4v) is 5.77. The zero-order valence-corrected chi connectivity index (χ0v) is 23.7. The first kappa shape index (κ1) is 30.2. The van der Waals surface area contributed by atoms with E-state index in [1.165, 1.54) is 13.4 Å². The first-order valence-corrected chi connectivity index (χ1v) is 13.4. The molecule has 214 valence electrons. The summed E-state index contributed by atoms with van der Waals surface area (Å²) in [6.45, 7) is 14.3. The van der Waals surface area contributed by atoms with Crippen molar-refractivity contribution in [2.45, 2.75) is 97.2 Å². The Morgan fingerprint density at radius 3 is 2.47 bits per heavy atom. The monoisotopic (exact) mass is 535 g/mol. The van der Waals surface area contributed by atoms with Crippen molar-refractivity contribution in [1.82, 2.24) is 0 Å². The molecule has 0 amide bonds. The highest BCUT2D eigenvalue weighted by molar-refractivity contribution is 5.88. The van der Waals surface area contributed by atoms with Gasteiger partial charge in [0.2, 0.25) is 0 Å². The Morgan fingerprint density at radius 1 is 1.18 bits per heavy atom. The highest BCUT2D eigenvalue weighted by Crippen LogP contribution is 2.56. The van der Waals surface area contributed by atoms with Gasteiger partial charge in [0.15, 0.2) is 0 Å². The predicted octanol–water partition coefficient (Wildman–Crippen LogP) is 3.35. The van der Waals surface area contributed by atoms with Gasteiger partial charge in [0.05, 0.1) is 48.6 Å². The number of epoxide rings is 1. The number of fused-ring (bicyclic) bond motifs is 2. The molecule has 3 rings (SSSR count). The summed E-state index contributed by atoms with van der Waals surface area (Å²) in [5, 5.41) is 21.9. The SMILES string of the molecule is C=C(OC)O/C=C(N)/C=C(\C)[C@@H]1CC2OC2(C)CC2CC2[C@H](C)[C@H](O)[C@@H](C)C(=O)C(C)(C)[C@@H](O)CC(=O)O1. The second-order valence-electron chi connectivity index (χ2n) is 12.1. The van der Waals surface area contributed by atoms with Gasteiger partial charge in [0.1, 0.15) is 18.1 Å². The average Bonchev–Trinajstić information content (AvgIpc) is 3.75. The highest BCUT2D eigenvalue weighted by atomic mass is 16.7. The first-order valence-electron chi connectivity index (χ1n) is 13.4. The van der Waals surface area contributed by atoms with Crippen molar-refractivity contribution >= 4 is 11.8 Å². The number of hydrogen-bond donors (Lipinski definition) is 3. The molecule has 38 heavy (non-hydrogen) atoms. The van der Waals surface area contributed by atoms with Crippen molar-refractivity contribution in [2.75, 3.05) is 7.11 Å². The minimum Gasteiger partial charge on any atom is -0.469 e. The molecular formula is C29H45NO8. The van der Waals surface area contributed by atoms with Crippen LogP contribution in [0.15, 0.2) is 36.1 Å². The van der Waals surface area contributed by atoms with Gasteiger partial charge in [-0.15, -0.1) is 0 Å². The number of carbonyl (C=O) groups excluding carboxylic acids is 2.